The number of ether oxygens (including phenoxy) is 2. The predicted octanol–water partition coefficient (Wildman–Crippen LogP) is 2.51. The highest BCUT2D eigenvalue weighted by atomic mass is 19.1. The maximum Gasteiger partial charge on any atom is 0.254 e. The van der Waals surface area contributed by atoms with Crippen LogP contribution in [0.4, 0.5) is 4.39 Å². The molecule has 1 amide bonds. The van der Waals surface area contributed by atoms with E-state index in [4.69, 9.17) is 9.47 Å². The molecule has 2 aliphatic rings. The van der Waals surface area contributed by atoms with Crippen molar-refractivity contribution in [3.05, 3.63) is 59.4 Å². The Hall–Kier alpha value is -2.60. The van der Waals surface area contributed by atoms with Crippen molar-refractivity contribution in [1.82, 2.24) is 9.80 Å². The van der Waals surface area contributed by atoms with Crippen molar-refractivity contribution < 1.29 is 18.7 Å². The Morgan fingerprint density at radius 2 is 1.80 bits per heavy atom. The van der Waals surface area contributed by atoms with Crippen molar-refractivity contribution in [2.45, 2.75) is 6.54 Å². The number of amides is 1. The van der Waals surface area contributed by atoms with Gasteiger partial charge in [-0.05, 0) is 35.9 Å². The molecule has 4 rings (SSSR count). The third-order valence-electron chi connectivity index (χ3n) is 4.57. The number of piperazine rings is 1. The summed E-state index contributed by atoms with van der Waals surface area (Å²) in [5.41, 5.74) is 1.57. The zero-order valence-electron chi connectivity index (χ0n) is 13.8. The van der Waals surface area contributed by atoms with E-state index >= 15 is 0 Å². The van der Waals surface area contributed by atoms with E-state index in [-0.39, 0.29) is 18.5 Å². The Balaban J connectivity index is 1.36. The van der Waals surface area contributed by atoms with Crippen LogP contribution in [-0.4, -0.2) is 48.7 Å². The first-order valence-electron chi connectivity index (χ1n) is 8.35. The number of hydrogen-bond acceptors (Lipinski definition) is 4. The monoisotopic (exact) mass is 342 g/mol. The second-order valence-corrected chi connectivity index (χ2v) is 6.27. The molecule has 1 saturated heterocycles. The van der Waals surface area contributed by atoms with Crippen LogP contribution in [0.1, 0.15) is 15.9 Å². The third kappa shape index (κ3) is 3.44. The lowest BCUT2D eigenvalue weighted by molar-refractivity contribution is 0.0628. The molecule has 0 saturated carbocycles. The fourth-order valence-corrected chi connectivity index (χ4v) is 3.21. The number of fused-ring (bicyclic) bond motifs is 1. The first kappa shape index (κ1) is 15.9. The number of rotatable bonds is 3. The molecule has 0 spiro atoms. The fraction of sp³-hybridized carbons (Fsp3) is 0.316. The number of nitrogens with zero attached hydrogens (tertiary/aromatic N) is 2. The summed E-state index contributed by atoms with van der Waals surface area (Å²) in [4.78, 5) is 16.8. The van der Waals surface area contributed by atoms with E-state index in [1.165, 1.54) is 6.07 Å². The smallest absolute Gasteiger partial charge is 0.254 e. The molecule has 130 valence electrons. The molecule has 0 N–H and O–H groups in total. The minimum Gasteiger partial charge on any atom is -0.454 e. The first-order valence-corrected chi connectivity index (χ1v) is 8.35. The topological polar surface area (TPSA) is 42.0 Å². The highest BCUT2D eigenvalue weighted by Crippen LogP contribution is 2.32. The number of halogens is 1. The van der Waals surface area contributed by atoms with E-state index in [0.29, 0.717) is 36.7 Å². The lowest BCUT2D eigenvalue weighted by Gasteiger charge is -2.34. The molecule has 25 heavy (non-hydrogen) atoms. The van der Waals surface area contributed by atoms with Gasteiger partial charge < -0.3 is 14.4 Å². The van der Waals surface area contributed by atoms with Gasteiger partial charge in [-0.25, -0.2) is 4.39 Å². The second-order valence-electron chi connectivity index (χ2n) is 6.27. The summed E-state index contributed by atoms with van der Waals surface area (Å²) < 4.78 is 23.9. The quantitative estimate of drug-likeness (QED) is 0.860. The highest BCUT2D eigenvalue weighted by Gasteiger charge is 2.24. The molecule has 5 nitrogen and oxygen atoms in total. The normalized spacial score (nSPS) is 16.9. The average molecular weight is 342 g/mol. The summed E-state index contributed by atoms with van der Waals surface area (Å²) in [6, 6.07) is 11.9. The Labute approximate surface area is 145 Å². The summed E-state index contributed by atoms with van der Waals surface area (Å²) in [5.74, 6) is 1.09. The van der Waals surface area contributed by atoms with E-state index in [0.717, 1.165) is 18.7 Å². The van der Waals surface area contributed by atoms with Crippen LogP contribution in [0.3, 0.4) is 0 Å². The van der Waals surface area contributed by atoms with Gasteiger partial charge in [-0.15, -0.1) is 0 Å². The fourth-order valence-electron chi connectivity index (χ4n) is 3.21. The van der Waals surface area contributed by atoms with E-state index in [1.807, 2.05) is 11.0 Å². The van der Waals surface area contributed by atoms with E-state index in [1.54, 1.807) is 30.3 Å². The van der Waals surface area contributed by atoms with Crippen molar-refractivity contribution in [2.75, 3.05) is 33.0 Å². The summed E-state index contributed by atoms with van der Waals surface area (Å²) in [7, 11) is 0. The molecular weight excluding hydrogens is 323 g/mol. The Kier molecular flexibility index (Phi) is 4.28. The lowest BCUT2D eigenvalue weighted by Crippen LogP contribution is -2.48. The standard InChI is InChI=1S/C19H19FN2O3/c20-16-3-1-2-14(10-16)12-21-6-8-22(9-7-21)19(23)15-4-5-17-18(11-15)25-13-24-17/h1-5,10-11H,6-9,12-13H2. The Morgan fingerprint density at radius 3 is 2.60 bits per heavy atom. The summed E-state index contributed by atoms with van der Waals surface area (Å²) >= 11 is 0. The molecule has 0 radical (unpaired) electrons. The van der Waals surface area contributed by atoms with Gasteiger partial charge in [-0.2, -0.15) is 0 Å². The predicted molar refractivity (Wildman–Crippen MR) is 90.1 cm³/mol. The molecule has 1 fully saturated rings. The molecule has 2 aromatic carbocycles. The van der Waals surface area contributed by atoms with Gasteiger partial charge in [0.1, 0.15) is 5.82 Å². The molecule has 0 unspecified atom stereocenters. The Morgan fingerprint density at radius 1 is 1.00 bits per heavy atom. The summed E-state index contributed by atoms with van der Waals surface area (Å²) in [6.45, 7) is 3.75. The molecule has 0 atom stereocenters. The maximum atomic E-state index is 13.3. The minimum absolute atomic E-state index is 0.00343. The third-order valence-corrected chi connectivity index (χ3v) is 4.57. The van der Waals surface area contributed by atoms with Gasteiger partial charge >= 0.3 is 0 Å². The van der Waals surface area contributed by atoms with Gasteiger partial charge in [0.2, 0.25) is 6.79 Å². The van der Waals surface area contributed by atoms with Crippen LogP contribution in [0.5, 0.6) is 11.5 Å². The highest BCUT2D eigenvalue weighted by molar-refractivity contribution is 5.95. The molecule has 2 heterocycles. The van der Waals surface area contributed by atoms with Crippen LogP contribution in [0.25, 0.3) is 0 Å². The zero-order valence-corrected chi connectivity index (χ0v) is 13.8. The first-order chi connectivity index (χ1) is 12.2. The van der Waals surface area contributed by atoms with Crippen molar-refractivity contribution >= 4 is 5.91 Å². The number of carbonyl (C=O) groups excluding carboxylic acids is 1. The van der Waals surface area contributed by atoms with Crippen LogP contribution < -0.4 is 9.47 Å². The zero-order chi connectivity index (χ0) is 17.2. The SMILES string of the molecule is O=C(c1ccc2c(c1)OCO2)N1CCN(Cc2cccc(F)c2)CC1. The minimum atomic E-state index is -0.214. The van der Waals surface area contributed by atoms with Gasteiger partial charge in [0.15, 0.2) is 11.5 Å². The number of hydrogen-bond donors (Lipinski definition) is 0. The van der Waals surface area contributed by atoms with Gasteiger partial charge in [0, 0.05) is 38.3 Å². The van der Waals surface area contributed by atoms with E-state index in [2.05, 4.69) is 4.90 Å². The summed E-state index contributed by atoms with van der Waals surface area (Å²) in [6.07, 6.45) is 0. The van der Waals surface area contributed by atoms with Crippen LogP contribution in [0.15, 0.2) is 42.5 Å². The van der Waals surface area contributed by atoms with Crippen molar-refractivity contribution in [3.8, 4) is 11.5 Å². The van der Waals surface area contributed by atoms with Crippen molar-refractivity contribution in [1.29, 1.82) is 0 Å². The second kappa shape index (κ2) is 6.72. The molecule has 0 aliphatic carbocycles. The maximum absolute atomic E-state index is 13.3. The van der Waals surface area contributed by atoms with Gasteiger partial charge in [0.05, 0.1) is 0 Å². The van der Waals surface area contributed by atoms with Crippen LogP contribution in [0.2, 0.25) is 0 Å². The molecule has 6 heteroatoms. The van der Waals surface area contributed by atoms with Crippen molar-refractivity contribution in [3.63, 3.8) is 0 Å². The largest absolute Gasteiger partial charge is 0.454 e. The van der Waals surface area contributed by atoms with Gasteiger partial charge in [0.25, 0.3) is 5.91 Å². The molecule has 2 aliphatic heterocycles. The molecule has 0 bridgehead atoms. The van der Waals surface area contributed by atoms with E-state index < -0.39 is 0 Å². The van der Waals surface area contributed by atoms with Gasteiger partial charge in [-0.3, -0.25) is 9.69 Å². The molecule has 2 aromatic rings. The van der Waals surface area contributed by atoms with Crippen LogP contribution in [0, 0.1) is 5.82 Å². The molecule has 0 aromatic heterocycles. The van der Waals surface area contributed by atoms with Crippen molar-refractivity contribution in [2.24, 2.45) is 0 Å². The van der Waals surface area contributed by atoms with Crippen LogP contribution >= 0.6 is 0 Å². The van der Waals surface area contributed by atoms with Gasteiger partial charge in [-0.1, -0.05) is 12.1 Å². The Bertz CT molecular complexity index is 788. The average Bonchev–Trinajstić information content (AvgIpc) is 3.09. The van der Waals surface area contributed by atoms with Crippen LogP contribution in [-0.2, 0) is 6.54 Å². The summed E-state index contributed by atoms with van der Waals surface area (Å²) in [5, 5.41) is 0. The number of carbonyl (C=O) groups is 1. The van der Waals surface area contributed by atoms with E-state index in [9.17, 15) is 9.18 Å². The number of benzene rings is 2. The lowest BCUT2D eigenvalue weighted by atomic mass is 10.1. The molecular formula is C19H19FN2O3.